The van der Waals surface area contributed by atoms with Crippen molar-refractivity contribution >= 4 is 0 Å². The van der Waals surface area contributed by atoms with E-state index in [0.717, 1.165) is 6.54 Å². The van der Waals surface area contributed by atoms with Crippen LogP contribution in [0.15, 0.2) is 12.3 Å². The molecule has 2 rings (SSSR count). The van der Waals surface area contributed by atoms with Crippen molar-refractivity contribution in [1.82, 2.24) is 14.7 Å². The van der Waals surface area contributed by atoms with Gasteiger partial charge in [0.25, 0.3) is 0 Å². The van der Waals surface area contributed by atoms with Gasteiger partial charge in [0, 0.05) is 18.4 Å². The molecule has 0 bridgehead atoms. The van der Waals surface area contributed by atoms with Crippen LogP contribution in [0.5, 0.6) is 0 Å². The van der Waals surface area contributed by atoms with Gasteiger partial charge in [0.15, 0.2) is 0 Å². The second-order valence-electron chi connectivity index (χ2n) is 4.10. The summed E-state index contributed by atoms with van der Waals surface area (Å²) >= 11 is 0. The van der Waals surface area contributed by atoms with E-state index < -0.39 is 0 Å². The molecule has 0 aromatic carbocycles. The number of aromatic nitrogens is 2. The molecular formula is C11H19N3. The zero-order valence-electron chi connectivity index (χ0n) is 8.95. The Hall–Kier alpha value is -0.830. The molecule has 14 heavy (non-hydrogen) atoms. The molecule has 2 heterocycles. The molecule has 0 aliphatic carbocycles. The van der Waals surface area contributed by atoms with E-state index in [0.29, 0.717) is 0 Å². The van der Waals surface area contributed by atoms with Gasteiger partial charge in [0.05, 0.1) is 0 Å². The van der Waals surface area contributed by atoms with E-state index in [1.54, 1.807) is 0 Å². The van der Waals surface area contributed by atoms with Crippen molar-refractivity contribution in [3.8, 4) is 0 Å². The molecule has 1 aliphatic heterocycles. The third-order valence-corrected chi connectivity index (χ3v) is 2.97. The van der Waals surface area contributed by atoms with Crippen LogP contribution in [0.3, 0.4) is 0 Å². The first-order chi connectivity index (χ1) is 6.86. The van der Waals surface area contributed by atoms with E-state index in [1.165, 1.54) is 44.6 Å². The summed E-state index contributed by atoms with van der Waals surface area (Å²) in [6.07, 6.45) is 5.88. The largest absolute Gasteiger partial charge is 0.303 e. The average molecular weight is 193 g/mol. The van der Waals surface area contributed by atoms with E-state index in [4.69, 9.17) is 0 Å². The lowest BCUT2D eigenvalue weighted by molar-refractivity contribution is 0.321. The number of hydrogen-bond donors (Lipinski definition) is 0. The predicted octanol–water partition coefficient (Wildman–Crippen LogP) is 1.68. The number of hydrogen-bond acceptors (Lipinski definition) is 2. The highest BCUT2D eigenvalue weighted by molar-refractivity contribution is 4.96. The van der Waals surface area contributed by atoms with Crippen LogP contribution in [-0.2, 0) is 6.54 Å². The molecule has 0 saturated carbocycles. The second-order valence-corrected chi connectivity index (χ2v) is 4.10. The van der Waals surface area contributed by atoms with Crippen LogP contribution in [0.4, 0.5) is 0 Å². The first-order valence-electron chi connectivity index (χ1n) is 5.57. The van der Waals surface area contributed by atoms with Gasteiger partial charge in [-0.15, -0.1) is 0 Å². The second kappa shape index (κ2) is 4.60. The lowest BCUT2D eigenvalue weighted by Gasteiger charge is -2.14. The molecule has 1 aromatic heterocycles. The van der Waals surface area contributed by atoms with Crippen LogP contribution in [-0.4, -0.2) is 34.3 Å². The molecule has 1 fully saturated rings. The minimum absolute atomic E-state index is 1.06. The van der Waals surface area contributed by atoms with Gasteiger partial charge in [-0.2, -0.15) is 5.10 Å². The fraction of sp³-hybridized carbons (Fsp3) is 0.727. The van der Waals surface area contributed by atoms with Crippen LogP contribution in [0.1, 0.15) is 25.0 Å². The Balaban J connectivity index is 1.70. The molecule has 1 aliphatic rings. The van der Waals surface area contributed by atoms with Crippen molar-refractivity contribution in [2.45, 2.75) is 32.7 Å². The SMILES string of the molecule is Cc1ccnn1CCCN1CCCC1. The third-order valence-electron chi connectivity index (χ3n) is 2.97. The average Bonchev–Trinajstić information content (AvgIpc) is 2.78. The standard InChI is InChI=1S/C11H19N3/c1-11-5-6-12-14(11)10-4-9-13-7-2-3-8-13/h5-6H,2-4,7-10H2,1H3. The molecule has 0 spiro atoms. The molecule has 0 amide bonds. The third kappa shape index (κ3) is 2.35. The Kier molecular flexibility index (Phi) is 3.19. The minimum atomic E-state index is 1.06. The molecule has 0 N–H and O–H groups in total. The van der Waals surface area contributed by atoms with E-state index in [2.05, 4.69) is 27.7 Å². The first-order valence-corrected chi connectivity index (χ1v) is 5.57. The van der Waals surface area contributed by atoms with Crippen molar-refractivity contribution in [2.24, 2.45) is 0 Å². The number of nitrogens with zero attached hydrogens (tertiary/aromatic N) is 3. The lowest BCUT2D eigenvalue weighted by atomic mass is 10.4. The fourth-order valence-electron chi connectivity index (χ4n) is 2.08. The van der Waals surface area contributed by atoms with Gasteiger partial charge in [-0.05, 0) is 51.9 Å². The zero-order valence-corrected chi connectivity index (χ0v) is 8.95. The van der Waals surface area contributed by atoms with E-state index in [1.807, 2.05) is 6.20 Å². The molecule has 3 nitrogen and oxygen atoms in total. The van der Waals surface area contributed by atoms with Crippen LogP contribution in [0.2, 0.25) is 0 Å². The zero-order chi connectivity index (χ0) is 9.80. The first kappa shape index (κ1) is 9.71. The van der Waals surface area contributed by atoms with Crippen molar-refractivity contribution in [3.05, 3.63) is 18.0 Å². The summed E-state index contributed by atoms with van der Waals surface area (Å²) in [6.45, 7) is 7.02. The molecule has 1 aromatic rings. The summed E-state index contributed by atoms with van der Waals surface area (Å²) < 4.78 is 2.09. The normalized spacial score (nSPS) is 17.8. The Bertz CT molecular complexity index is 274. The molecule has 3 heteroatoms. The minimum Gasteiger partial charge on any atom is -0.303 e. The molecule has 0 atom stereocenters. The van der Waals surface area contributed by atoms with Crippen LogP contribution < -0.4 is 0 Å². The van der Waals surface area contributed by atoms with Gasteiger partial charge in [0.2, 0.25) is 0 Å². The van der Waals surface area contributed by atoms with Gasteiger partial charge < -0.3 is 4.90 Å². The van der Waals surface area contributed by atoms with Crippen LogP contribution >= 0.6 is 0 Å². The molecule has 78 valence electrons. The quantitative estimate of drug-likeness (QED) is 0.725. The van der Waals surface area contributed by atoms with E-state index in [-0.39, 0.29) is 0 Å². The smallest absolute Gasteiger partial charge is 0.0492 e. The maximum Gasteiger partial charge on any atom is 0.0492 e. The Morgan fingerprint density at radius 3 is 2.71 bits per heavy atom. The summed E-state index contributed by atoms with van der Waals surface area (Å²) in [6, 6.07) is 2.07. The van der Waals surface area contributed by atoms with Crippen LogP contribution in [0.25, 0.3) is 0 Å². The Morgan fingerprint density at radius 2 is 2.07 bits per heavy atom. The van der Waals surface area contributed by atoms with Gasteiger partial charge in [-0.25, -0.2) is 0 Å². The summed E-state index contributed by atoms with van der Waals surface area (Å²) in [5.74, 6) is 0. The monoisotopic (exact) mass is 193 g/mol. The maximum atomic E-state index is 4.28. The highest BCUT2D eigenvalue weighted by Gasteiger charge is 2.10. The molecule has 0 radical (unpaired) electrons. The highest BCUT2D eigenvalue weighted by Crippen LogP contribution is 2.08. The van der Waals surface area contributed by atoms with E-state index >= 15 is 0 Å². The van der Waals surface area contributed by atoms with Crippen molar-refractivity contribution in [3.63, 3.8) is 0 Å². The molecule has 1 saturated heterocycles. The van der Waals surface area contributed by atoms with Gasteiger partial charge in [-0.1, -0.05) is 0 Å². The number of rotatable bonds is 4. The van der Waals surface area contributed by atoms with Gasteiger partial charge in [0.1, 0.15) is 0 Å². The number of aryl methyl sites for hydroxylation is 2. The summed E-state index contributed by atoms with van der Waals surface area (Å²) in [7, 11) is 0. The lowest BCUT2D eigenvalue weighted by Crippen LogP contribution is -2.21. The van der Waals surface area contributed by atoms with E-state index in [9.17, 15) is 0 Å². The molecular weight excluding hydrogens is 174 g/mol. The van der Waals surface area contributed by atoms with Gasteiger partial charge in [-0.3, -0.25) is 4.68 Å². The Morgan fingerprint density at radius 1 is 1.29 bits per heavy atom. The highest BCUT2D eigenvalue weighted by atomic mass is 15.3. The Labute approximate surface area is 85.7 Å². The van der Waals surface area contributed by atoms with Crippen molar-refractivity contribution in [2.75, 3.05) is 19.6 Å². The predicted molar refractivity (Wildman–Crippen MR) is 57.3 cm³/mol. The molecule has 0 unspecified atom stereocenters. The fourth-order valence-corrected chi connectivity index (χ4v) is 2.08. The summed E-state index contributed by atoms with van der Waals surface area (Å²) in [5, 5.41) is 4.28. The topological polar surface area (TPSA) is 21.1 Å². The maximum absolute atomic E-state index is 4.28. The summed E-state index contributed by atoms with van der Waals surface area (Å²) in [4.78, 5) is 2.55. The van der Waals surface area contributed by atoms with Crippen LogP contribution in [0, 0.1) is 6.92 Å². The van der Waals surface area contributed by atoms with Crippen molar-refractivity contribution in [1.29, 1.82) is 0 Å². The summed E-state index contributed by atoms with van der Waals surface area (Å²) in [5.41, 5.74) is 1.27. The van der Waals surface area contributed by atoms with Crippen molar-refractivity contribution < 1.29 is 0 Å². The number of likely N-dealkylation sites (tertiary alicyclic amines) is 1. The van der Waals surface area contributed by atoms with Gasteiger partial charge >= 0.3 is 0 Å².